The number of nitrogens with one attached hydrogen (secondary N) is 1. The van der Waals surface area contributed by atoms with E-state index < -0.39 is 49.5 Å². The summed E-state index contributed by atoms with van der Waals surface area (Å²) in [5.74, 6) is -0.186. The molecule has 70 heavy (non-hydrogen) atoms. The predicted octanol–water partition coefficient (Wildman–Crippen LogP) is 14.5. The Morgan fingerprint density at radius 1 is 0.500 bits per heavy atom. The summed E-state index contributed by atoms with van der Waals surface area (Å²) in [4.78, 5) is 13.0. The number of carbonyl (C=O) groups is 1. The molecule has 1 saturated heterocycles. The molecule has 1 aliphatic heterocycles. The van der Waals surface area contributed by atoms with E-state index in [0.717, 1.165) is 64.2 Å². The Kier molecular flexibility index (Phi) is 47.1. The third kappa shape index (κ3) is 39.2. The first-order chi connectivity index (χ1) is 34.3. The summed E-state index contributed by atoms with van der Waals surface area (Å²) in [6.07, 6.45) is 62.8. The van der Waals surface area contributed by atoms with E-state index in [9.17, 15) is 30.3 Å². The summed E-state index contributed by atoms with van der Waals surface area (Å²) >= 11 is 0. The van der Waals surface area contributed by atoms with Gasteiger partial charge in [-0.3, -0.25) is 4.79 Å². The molecule has 1 aliphatic rings. The SMILES string of the molecule is CC/C=C\C/C=C\C/C=C\C/C=C\CCCCCCCCCCCCCCCCCCCCCCCCC(=O)NC(COC1OC(CO)C(O)C(O)C1O)C(O)/C=C/CC/C=C/CCCCCCCC. The van der Waals surface area contributed by atoms with Crippen LogP contribution in [0.3, 0.4) is 0 Å². The van der Waals surface area contributed by atoms with E-state index in [0.29, 0.717) is 6.42 Å². The number of aliphatic hydroxyl groups excluding tert-OH is 5. The van der Waals surface area contributed by atoms with Gasteiger partial charge in [-0.1, -0.05) is 247 Å². The molecule has 0 saturated carbocycles. The first-order valence-electron chi connectivity index (χ1n) is 29.2. The zero-order chi connectivity index (χ0) is 50.8. The molecule has 1 heterocycles. The van der Waals surface area contributed by atoms with Crippen LogP contribution in [0.25, 0.3) is 0 Å². The van der Waals surface area contributed by atoms with E-state index in [4.69, 9.17) is 9.47 Å². The maximum absolute atomic E-state index is 13.0. The van der Waals surface area contributed by atoms with E-state index in [1.807, 2.05) is 6.08 Å². The molecule has 0 aliphatic carbocycles. The second-order valence-electron chi connectivity index (χ2n) is 20.0. The van der Waals surface area contributed by atoms with Crippen LogP contribution in [-0.4, -0.2) is 87.5 Å². The molecule has 6 N–H and O–H groups in total. The van der Waals surface area contributed by atoms with E-state index in [2.05, 4.69) is 79.9 Å². The van der Waals surface area contributed by atoms with Crippen molar-refractivity contribution in [3.05, 3.63) is 72.9 Å². The highest BCUT2D eigenvalue weighted by atomic mass is 16.7. The van der Waals surface area contributed by atoms with Crippen LogP contribution in [0.1, 0.15) is 251 Å². The average Bonchev–Trinajstić information content (AvgIpc) is 3.36. The molecule has 1 fully saturated rings. The molecule has 1 amide bonds. The summed E-state index contributed by atoms with van der Waals surface area (Å²) in [6, 6.07) is -0.821. The summed E-state index contributed by atoms with van der Waals surface area (Å²) in [6.45, 7) is 3.63. The van der Waals surface area contributed by atoms with Crippen LogP contribution in [0.15, 0.2) is 72.9 Å². The highest BCUT2D eigenvalue weighted by molar-refractivity contribution is 5.76. The van der Waals surface area contributed by atoms with Gasteiger partial charge in [-0.15, -0.1) is 0 Å². The van der Waals surface area contributed by atoms with Gasteiger partial charge in [0.2, 0.25) is 5.91 Å². The smallest absolute Gasteiger partial charge is 0.220 e. The van der Waals surface area contributed by atoms with Crippen molar-refractivity contribution in [2.75, 3.05) is 13.2 Å². The van der Waals surface area contributed by atoms with E-state index in [1.54, 1.807) is 6.08 Å². The normalized spacial score (nSPS) is 19.9. The average molecular weight is 985 g/mol. The number of amides is 1. The minimum Gasteiger partial charge on any atom is -0.394 e. The number of hydrogen-bond donors (Lipinski definition) is 6. The van der Waals surface area contributed by atoms with Gasteiger partial charge in [0.05, 0.1) is 25.4 Å². The highest BCUT2D eigenvalue weighted by Crippen LogP contribution is 2.23. The number of carbonyl (C=O) groups excluding carboxylic acids is 1. The Bertz CT molecular complexity index is 1330. The lowest BCUT2D eigenvalue weighted by Gasteiger charge is -2.40. The standard InChI is InChI=1S/C61H109NO8/c1-3-5-7-9-11-13-15-17-18-19-20-21-22-23-24-25-26-27-28-29-30-31-32-33-34-35-36-37-38-39-41-43-45-47-49-51-57(65)62-54(53-69-61-60(68)59(67)58(66)56(52-63)70-61)55(64)50-48-46-44-42-40-16-14-12-10-8-6-4-2/h5,7,11,13,17-18,20-21,40,42,48,50,54-56,58-61,63-64,66-68H,3-4,6,8-10,12,14-16,19,22-39,41,43-47,49,51-53H2,1-2H3,(H,62,65)/b7-5-,13-11-,18-17-,21-20-,42-40+,50-48+. The molecule has 0 spiro atoms. The van der Waals surface area contributed by atoms with Crippen molar-refractivity contribution in [1.29, 1.82) is 0 Å². The van der Waals surface area contributed by atoms with Crippen LogP contribution in [0, 0.1) is 0 Å². The number of ether oxygens (including phenoxy) is 2. The molecule has 0 radical (unpaired) electrons. The third-order valence-electron chi connectivity index (χ3n) is 13.5. The maximum atomic E-state index is 13.0. The quantitative estimate of drug-likeness (QED) is 0.0261. The monoisotopic (exact) mass is 984 g/mol. The number of rotatable bonds is 49. The first-order valence-corrected chi connectivity index (χ1v) is 29.2. The summed E-state index contributed by atoms with van der Waals surface area (Å²) < 4.78 is 11.2. The van der Waals surface area contributed by atoms with E-state index in [-0.39, 0.29) is 12.5 Å². The van der Waals surface area contributed by atoms with Crippen LogP contribution >= 0.6 is 0 Å². The summed E-state index contributed by atoms with van der Waals surface area (Å²) in [5.41, 5.74) is 0. The van der Waals surface area contributed by atoms with E-state index >= 15 is 0 Å². The predicted molar refractivity (Wildman–Crippen MR) is 295 cm³/mol. The van der Waals surface area contributed by atoms with Crippen molar-refractivity contribution >= 4 is 5.91 Å². The van der Waals surface area contributed by atoms with Crippen molar-refractivity contribution in [1.82, 2.24) is 5.32 Å². The fourth-order valence-electron chi connectivity index (χ4n) is 8.93. The van der Waals surface area contributed by atoms with E-state index in [1.165, 1.54) is 167 Å². The Morgan fingerprint density at radius 3 is 1.37 bits per heavy atom. The molecule has 0 bridgehead atoms. The van der Waals surface area contributed by atoms with Gasteiger partial charge in [0.25, 0.3) is 0 Å². The Morgan fingerprint density at radius 2 is 0.900 bits per heavy atom. The molecule has 0 aromatic heterocycles. The van der Waals surface area contributed by atoms with Gasteiger partial charge in [-0.25, -0.2) is 0 Å². The zero-order valence-corrected chi connectivity index (χ0v) is 45.0. The van der Waals surface area contributed by atoms with Gasteiger partial charge >= 0.3 is 0 Å². The fourth-order valence-corrected chi connectivity index (χ4v) is 8.93. The highest BCUT2D eigenvalue weighted by Gasteiger charge is 2.44. The number of aliphatic hydroxyl groups is 5. The van der Waals surface area contributed by atoms with Crippen LogP contribution in [0.4, 0.5) is 0 Å². The lowest BCUT2D eigenvalue weighted by atomic mass is 9.99. The molecule has 9 nitrogen and oxygen atoms in total. The molecule has 406 valence electrons. The lowest BCUT2D eigenvalue weighted by Crippen LogP contribution is -2.60. The molecular weight excluding hydrogens is 875 g/mol. The molecule has 0 aromatic carbocycles. The molecule has 1 rings (SSSR count). The van der Waals surface area contributed by atoms with Crippen LogP contribution in [0.5, 0.6) is 0 Å². The van der Waals surface area contributed by atoms with Crippen LogP contribution in [0.2, 0.25) is 0 Å². The second-order valence-corrected chi connectivity index (χ2v) is 20.0. The van der Waals surface area contributed by atoms with Gasteiger partial charge in [0.15, 0.2) is 6.29 Å². The maximum Gasteiger partial charge on any atom is 0.220 e. The summed E-state index contributed by atoms with van der Waals surface area (Å²) in [5, 5.41) is 54.3. The number of unbranched alkanes of at least 4 members (excludes halogenated alkanes) is 29. The zero-order valence-electron chi connectivity index (χ0n) is 45.0. The lowest BCUT2D eigenvalue weighted by molar-refractivity contribution is -0.302. The molecule has 7 atom stereocenters. The van der Waals surface area contributed by atoms with Crippen molar-refractivity contribution in [2.45, 2.75) is 294 Å². The van der Waals surface area contributed by atoms with Crippen molar-refractivity contribution in [2.24, 2.45) is 0 Å². The fraction of sp³-hybridized carbons (Fsp3) is 0.787. The van der Waals surface area contributed by atoms with Gasteiger partial charge in [0, 0.05) is 6.42 Å². The minimum absolute atomic E-state index is 0.186. The number of hydrogen-bond acceptors (Lipinski definition) is 8. The van der Waals surface area contributed by atoms with Crippen molar-refractivity contribution < 1.29 is 39.8 Å². The van der Waals surface area contributed by atoms with Crippen molar-refractivity contribution in [3.63, 3.8) is 0 Å². The number of allylic oxidation sites excluding steroid dienone is 11. The molecule has 0 aromatic rings. The molecular formula is C61H109NO8. The Balaban J connectivity index is 2.09. The van der Waals surface area contributed by atoms with Crippen LogP contribution in [-0.2, 0) is 14.3 Å². The van der Waals surface area contributed by atoms with Gasteiger partial charge in [-0.2, -0.15) is 0 Å². The molecule has 7 unspecified atom stereocenters. The second kappa shape index (κ2) is 50.2. The Labute approximate surface area is 429 Å². The Hall–Kier alpha value is -2.37. The van der Waals surface area contributed by atoms with Crippen molar-refractivity contribution in [3.8, 4) is 0 Å². The third-order valence-corrected chi connectivity index (χ3v) is 13.5. The van der Waals surface area contributed by atoms with Gasteiger partial charge in [0.1, 0.15) is 24.4 Å². The minimum atomic E-state index is -1.57. The van der Waals surface area contributed by atoms with Gasteiger partial charge < -0.3 is 40.3 Å². The van der Waals surface area contributed by atoms with Crippen LogP contribution < -0.4 is 5.32 Å². The topological polar surface area (TPSA) is 149 Å². The van der Waals surface area contributed by atoms with Gasteiger partial charge in [-0.05, 0) is 70.6 Å². The molecule has 9 heteroatoms. The summed E-state index contributed by atoms with van der Waals surface area (Å²) in [7, 11) is 0. The first kappa shape index (κ1) is 65.6. The largest absolute Gasteiger partial charge is 0.394 e.